The monoisotopic (exact) mass is 282 g/mol. The quantitative estimate of drug-likeness (QED) is 0.319. The lowest BCUT2D eigenvalue weighted by Gasteiger charge is -2.33. The van der Waals surface area contributed by atoms with Gasteiger partial charge in [0, 0.05) is 13.1 Å². The molecule has 0 aromatic carbocycles. The van der Waals surface area contributed by atoms with E-state index in [0.29, 0.717) is 0 Å². The molecule has 1 heterocycles. The summed E-state index contributed by atoms with van der Waals surface area (Å²) in [4.78, 5) is 14.1. The van der Waals surface area contributed by atoms with Crippen molar-refractivity contribution in [2.75, 3.05) is 13.1 Å². The molecule has 6 heteroatoms. The zero-order chi connectivity index (χ0) is 14.4. The highest BCUT2D eigenvalue weighted by Crippen LogP contribution is 2.26. The van der Waals surface area contributed by atoms with Crippen LogP contribution < -0.4 is 11.1 Å². The first kappa shape index (κ1) is 14.9. The SMILES string of the molecule is NC(=NO)C(NC(=O)N1CCCCC1)C1CCCCC1. The van der Waals surface area contributed by atoms with E-state index in [2.05, 4.69) is 10.5 Å². The zero-order valence-electron chi connectivity index (χ0n) is 12.1. The number of hydrogen-bond acceptors (Lipinski definition) is 3. The Kier molecular flexibility index (Phi) is 5.49. The molecule has 2 fully saturated rings. The molecular weight excluding hydrogens is 256 g/mol. The Balaban J connectivity index is 1.97. The topological polar surface area (TPSA) is 91.0 Å². The summed E-state index contributed by atoms with van der Waals surface area (Å²) in [7, 11) is 0. The third kappa shape index (κ3) is 3.77. The van der Waals surface area contributed by atoms with Crippen LogP contribution >= 0.6 is 0 Å². The Bertz CT molecular complexity index is 347. The average Bonchev–Trinajstić information content (AvgIpc) is 2.53. The first-order valence-corrected chi connectivity index (χ1v) is 7.75. The second kappa shape index (κ2) is 7.36. The summed E-state index contributed by atoms with van der Waals surface area (Å²) in [6.45, 7) is 1.61. The van der Waals surface area contributed by atoms with Crippen molar-refractivity contribution >= 4 is 11.9 Å². The Morgan fingerprint density at radius 1 is 1.15 bits per heavy atom. The summed E-state index contributed by atoms with van der Waals surface area (Å²) >= 11 is 0. The van der Waals surface area contributed by atoms with Gasteiger partial charge in [-0.05, 0) is 38.0 Å². The van der Waals surface area contributed by atoms with Crippen LogP contribution in [0.25, 0.3) is 0 Å². The van der Waals surface area contributed by atoms with Crippen molar-refractivity contribution in [3.05, 3.63) is 0 Å². The maximum absolute atomic E-state index is 12.3. The van der Waals surface area contributed by atoms with Crippen LogP contribution in [-0.2, 0) is 0 Å². The largest absolute Gasteiger partial charge is 0.409 e. The van der Waals surface area contributed by atoms with Crippen molar-refractivity contribution in [2.24, 2.45) is 16.8 Å². The number of piperidine rings is 1. The summed E-state index contributed by atoms with van der Waals surface area (Å²) < 4.78 is 0. The first-order valence-electron chi connectivity index (χ1n) is 7.75. The summed E-state index contributed by atoms with van der Waals surface area (Å²) in [6.07, 6.45) is 8.91. The van der Waals surface area contributed by atoms with E-state index >= 15 is 0 Å². The van der Waals surface area contributed by atoms with Gasteiger partial charge in [0.05, 0.1) is 6.04 Å². The zero-order valence-corrected chi connectivity index (χ0v) is 12.1. The van der Waals surface area contributed by atoms with Crippen LogP contribution in [0.5, 0.6) is 0 Å². The van der Waals surface area contributed by atoms with E-state index in [4.69, 9.17) is 10.9 Å². The molecule has 2 rings (SSSR count). The average molecular weight is 282 g/mol. The summed E-state index contributed by atoms with van der Waals surface area (Å²) in [6, 6.07) is -0.415. The van der Waals surface area contributed by atoms with Gasteiger partial charge in [-0.25, -0.2) is 4.79 Å². The summed E-state index contributed by atoms with van der Waals surface area (Å²) in [5.41, 5.74) is 5.79. The van der Waals surface area contributed by atoms with Crippen molar-refractivity contribution < 1.29 is 10.0 Å². The Hall–Kier alpha value is -1.46. The molecule has 0 bridgehead atoms. The number of oxime groups is 1. The molecule has 20 heavy (non-hydrogen) atoms. The van der Waals surface area contributed by atoms with Gasteiger partial charge in [-0.1, -0.05) is 24.4 Å². The van der Waals surface area contributed by atoms with E-state index in [-0.39, 0.29) is 23.8 Å². The number of nitrogens with one attached hydrogen (secondary N) is 1. The maximum Gasteiger partial charge on any atom is 0.317 e. The fourth-order valence-corrected chi connectivity index (χ4v) is 3.28. The molecule has 2 aliphatic rings. The van der Waals surface area contributed by atoms with Crippen molar-refractivity contribution in [3.63, 3.8) is 0 Å². The number of nitrogens with two attached hydrogens (primary N) is 1. The van der Waals surface area contributed by atoms with E-state index in [1.165, 1.54) is 12.8 Å². The lowest BCUT2D eigenvalue weighted by molar-refractivity contribution is 0.179. The second-order valence-electron chi connectivity index (χ2n) is 5.90. The number of carbonyl (C=O) groups is 1. The number of nitrogens with zero attached hydrogens (tertiary/aromatic N) is 2. The molecule has 1 unspecified atom stereocenters. The number of urea groups is 1. The van der Waals surface area contributed by atoms with Crippen molar-refractivity contribution in [3.8, 4) is 0 Å². The van der Waals surface area contributed by atoms with Crippen LogP contribution in [0, 0.1) is 5.92 Å². The highest BCUT2D eigenvalue weighted by Gasteiger charge is 2.30. The Morgan fingerprint density at radius 2 is 1.75 bits per heavy atom. The molecule has 1 saturated heterocycles. The molecule has 0 radical (unpaired) electrons. The minimum absolute atomic E-state index is 0.0770. The molecule has 114 valence electrons. The van der Waals surface area contributed by atoms with Crippen LogP contribution in [0.2, 0.25) is 0 Å². The normalized spacial score (nSPS) is 23.4. The molecule has 0 spiro atoms. The molecule has 2 amide bonds. The van der Waals surface area contributed by atoms with E-state index in [1.54, 1.807) is 0 Å². The van der Waals surface area contributed by atoms with E-state index in [0.717, 1.165) is 51.6 Å². The van der Waals surface area contributed by atoms with Gasteiger partial charge in [-0.15, -0.1) is 0 Å². The van der Waals surface area contributed by atoms with Crippen LogP contribution in [0.15, 0.2) is 5.16 Å². The lowest BCUT2D eigenvalue weighted by Crippen LogP contribution is -2.54. The number of hydrogen-bond donors (Lipinski definition) is 3. The third-order valence-electron chi connectivity index (χ3n) is 4.48. The van der Waals surface area contributed by atoms with Crippen molar-refractivity contribution in [1.82, 2.24) is 10.2 Å². The number of rotatable bonds is 3. The second-order valence-corrected chi connectivity index (χ2v) is 5.90. The molecule has 1 saturated carbocycles. The Morgan fingerprint density at radius 3 is 2.35 bits per heavy atom. The smallest absolute Gasteiger partial charge is 0.317 e. The Labute approximate surface area is 120 Å². The molecule has 6 nitrogen and oxygen atoms in total. The molecule has 0 aromatic heterocycles. The van der Waals surface area contributed by atoms with Gasteiger partial charge in [0.1, 0.15) is 0 Å². The minimum Gasteiger partial charge on any atom is -0.409 e. The van der Waals surface area contributed by atoms with E-state index in [9.17, 15) is 4.79 Å². The van der Waals surface area contributed by atoms with Crippen LogP contribution in [0.1, 0.15) is 51.4 Å². The van der Waals surface area contributed by atoms with E-state index < -0.39 is 0 Å². The highest BCUT2D eigenvalue weighted by molar-refractivity contribution is 5.89. The molecule has 1 aliphatic carbocycles. The van der Waals surface area contributed by atoms with Gasteiger partial charge >= 0.3 is 6.03 Å². The maximum atomic E-state index is 12.3. The van der Waals surface area contributed by atoms with Gasteiger partial charge in [0.15, 0.2) is 5.84 Å². The molecule has 4 N–H and O–H groups in total. The van der Waals surface area contributed by atoms with Crippen LogP contribution in [0.4, 0.5) is 4.79 Å². The number of carbonyl (C=O) groups excluding carboxylic acids is 1. The predicted octanol–water partition coefficient (Wildman–Crippen LogP) is 1.88. The van der Waals surface area contributed by atoms with Crippen molar-refractivity contribution in [1.29, 1.82) is 0 Å². The molecule has 0 aromatic rings. The molecule has 1 aliphatic heterocycles. The minimum atomic E-state index is -0.338. The fraction of sp³-hybridized carbons (Fsp3) is 0.857. The van der Waals surface area contributed by atoms with Gasteiger partial charge in [0.2, 0.25) is 0 Å². The third-order valence-corrected chi connectivity index (χ3v) is 4.48. The van der Waals surface area contributed by atoms with Gasteiger partial charge in [-0.2, -0.15) is 0 Å². The number of likely N-dealkylation sites (tertiary alicyclic amines) is 1. The van der Waals surface area contributed by atoms with E-state index in [1.807, 2.05) is 4.90 Å². The van der Waals surface area contributed by atoms with Crippen LogP contribution in [0.3, 0.4) is 0 Å². The van der Waals surface area contributed by atoms with Gasteiger partial charge < -0.3 is 21.2 Å². The summed E-state index contributed by atoms with van der Waals surface area (Å²) in [5.74, 6) is 0.413. The number of amidine groups is 1. The fourth-order valence-electron chi connectivity index (χ4n) is 3.28. The van der Waals surface area contributed by atoms with Crippen molar-refractivity contribution in [2.45, 2.75) is 57.4 Å². The van der Waals surface area contributed by atoms with Gasteiger partial charge in [-0.3, -0.25) is 0 Å². The number of amides is 2. The highest BCUT2D eigenvalue weighted by atomic mass is 16.4. The first-order chi connectivity index (χ1) is 9.72. The van der Waals surface area contributed by atoms with Crippen LogP contribution in [-0.4, -0.2) is 41.1 Å². The molecular formula is C14H26N4O2. The standard InChI is InChI=1S/C14H26N4O2/c15-13(17-20)12(11-7-3-1-4-8-11)16-14(19)18-9-5-2-6-10-18/h11-12,20H,1-10H2,(H2,15,17)(H,16,19). The van der Waals surface area contributed by atoms with Gasteiger partial charge in [0.25, 0.3) is 0 Å². The lowest BCUT2D eigenvalue weighted by atomic mass is 9.83. The molecule has 1 atom stereocenters. The predicted molar refractivity (Wildman–Crippen MR) is 77.7 cm³/mol. The summed E-state index contributed by atoms with van der Waals surface area (Å²) in [5, 5.41) is 15.1.